The van der Waals surface area contributed by atoms with Crippen LogP contribution in [0.5, 0.6) is 0 Å². The summed E-state index contributed by atoms with van der Waals surface area (Å²) in [4.78, 5) is 30.8. The summed E-state index contributed by atoms with van der Waals surface area (Å²) in [6.45, 7) is 3.94. The minimum absolute atomic E-state index is 0.0820. The molecule has 3 rings (SSSR count). The zero-order valence-electron chi connectivity index (χ0n) is 14.2. The number of hydrogen-bond acceptors (Lipinski definition) is 4. The van der Waals surface area contributed by atoms with Crippen molar-refractivity contribution in [1.29, 1.82) is 0 Å². The van der Waals surface area contributed by atoms with E-state index in [0.717, 1.165) is 14.7 Å². The summed E-state index contributed by atoms with van der Waals surface area (Å²) in [5, 5.41) is 2.67. The Kier molecular flexibility index (Phi) is 5.47. The van der Waals surface area contributed by atoms with Crippen molar-refractivity contribution in [2.75, 3.05) is 4.90 Å². The van der Waals surface area contributed by atoms with Crippen LogP contribution in [-0.2, 0) is 9.59 Å². The van der Waals surface area contributed by atoms with Crippen molar-refractivity contribution in [3.8, 4) is 0 Å². The van der Waals surface area contributed by atoms with Crippen molar-refractivity contribution in [3.63, 3.8) is 0 Å². The average molecular weight is 477 g/mol. The first-order valence-corrected chi connectivity index (χ1v) is 9.41. The molecule has 0 spiro atoms. The monoisotopic (exact) mass is 477 g/mol. The molecule has 5 nitrogen and oxygen atoms in total. The van der Waals surface area contributed by atoms with Crippen molar-refractivity contribution >= 4 is 69.3 Å². The van der Waals surface area contributed by atoms with Crippen LogP contribution in [0.25, 0.3) is 0 Å². The number of anilines is 1. The van der Waals surface area contributed by atoms with Gasteiger partial charge in [0.2, 0.25) is 5.91 Å². The molecular formula is C19H16IN3O2S. The van der Waals surface area contributed by atoms with Crippen LogP contribution in [0.1, 0.15) is 11.1 Å². The van der Waals surface area contributed by atoms with E-state index in [-0.39, 0.29) is 5.11 Å². The van der Waals surface area contributed by atoms with Crippen molar-refractivity contribution in [1.82, 2.24) is 5.32 Å². The fourth-order valence-corrected chi connectivity index (χ4v) is 3.16. The van der Waals surface area contributed by atoms with E-state index in [4.69, 9.17) is 12.2 Å². The molecule has 1 saturated heterocycles. The summed E-state index contributed by atoms with van der Waals surface area (Å²) in [5.41, 5.74) is 3.47. The van der Waals surface area contributed by atoms with Gasteiger partial charge in [-0.05, 0) is 84.6 Å². The lowest BCUT2D eigenvalue weighted by Gasteiger charge is -2.30. The SMILES string of the molecule is Cc1ccc(N2C(=O)[C@H](C=Nc3ccc(I)c(C)c3)C(=O)NC2=S)cc1. The van der Waals surface area contributed by atoms with E-state index in [9.17, 15) is 9.59 Å². The van der Waals surface area contributed by atoms with Crippen LogP contribution in [0.4, 0.5) is 11.4 Å². The van der Waals surface area contributed by atoms with Crippen molar-refractivity contribution in [2.24, 2.45) is 10.9 Å². The van der Waals surface area contributed by atoms with Crippen LogP contribution in [0.3, 0.4) is 0 Å². The second-order valence-electron chi connectivity index (χ2n) is 5.99. The molecule has 0 aromatic heterocycles. The molecule has 132 valence electrons. The molecule has 2 aromatic carbocycles. The highest BCUT2D eigenvalue weighted by molar-refractivity contribution is 14.1. The number of nitrogens with one attached hydrogen (secondary N) is 1. The van der Waals surface area contributed by atoms with Crippen LogP contribution in [-0.4, -0.2) is 23.1 Å². The Hall–Kier alpha value is -2.13. The fourth-order valence-electron chi connectivity index (χ4n) is 2.53. The molecule has 1 heterocycles. The van der Waals surface area contributed by atoms with Crippen LogP contribution in [0.15, 0.2) is 47.5 Å². The Bertz CT molecular complexity index is 925. The molecule has 0 unspecified atom stereocenters. The standard InChI is InChI=1S/C19H16IN3O2S/c1-11-3-6-14(7-4-11)23-18(25)15(17(24)22-19(23)26)10-21-13-5-8-16(20)12(2)9-13/h3-10,15H,1-2H3,(H,22,24,26)/t15-/m1/s1. The highest BCUT2D eigenvalue weighted by Gasteiger charge is 2.38. The van der Waals surface area contributed by atoms with Gasteiger partial charge in [-0.25, -0.2) is 0 Å². The van der Waals surface area contributed by atoms with Crippen LogP contribution < -0.4 is 10.2 Å². The number of aryl methyl sites for hydroxylation is 2. The van der Waals surface area contributed by atoms with Gasteiger partial charge < -0.3 is 5.32 Å². The number of aliphatic imine (C=N–C) groups is 1. The third kappa shape index (κ3) is 3.83. The van der Waals surface area contributed by atoms with Gasteiger partial charge in [-0.15, -0.1) is 0 Å². The lowest BCUT2D eigenvalue weighted by atomic mass is 10.1. The van der Waals surface area contributed by atoms with E-state index in [1.54, 1.807) is 12.1 Å². The molecule has 2 amide bonds. The van der Waals surface area contributed by atoms with Gasteiger partial charge in [0.15, 0.2) is 11.0 Å². The Morgan fingerprint density at radius 2 is 1.85 bits per heavy atom. The number of benzene rings is 2. The number of halogens is 1. The molecule has 0 saturated carbocycles. The predicted octanol–water partition coefficient (Wildman–Crippen LogP) is 3.67. The Balaban J connectivity index is 1.88. The second-order valence-corrected chi connectivity index (χ2v) is 7.54. The number of thiocarbonyl (C=S) groups is 1. The average Bonchev–Trinajstić information content (AvgIpc) is 2.59. The smallest absolute Gasteiger partial charge is 0.251 e. The van der Waals surface area contributed by atoms with Crippen LogP contribution in [0, 0.1) is 23.3 Å². The summed E-state index contributed by atoms with van der Waals surface area (Å²) in [5.74, 6) is -1.90. The normalized spacial score (nSPS) is 17.7. The van der Waals surface area contributed by atoms with Gasteiger partial charge in [-0.3, -0.25) is 19.5 Å². The maximum absolute atomic E-state index is 12.9. The van der Waals surface area contributed by atoms with Crippen LogP contribution in [0.2, 0.25) is 0 Å². The van der Waals surface area contributed by atoms with E-state index < -0.39 is 17.7 Å². The van der Waals surface area contributed by atoms with E-state index in [0.29, 0.717) is 11.4 Å². The largest absolute Gasteiger partial charge is 0.301 e. The lowest BCUT2D eigenvalue weighted by Crippen LogP contribution is -2.58. The molecule has 0 radical (unpaired) electrons. The maximum Gasteiger partial charge on any atom is 0.251 e. The summed E-state index contributed by atoms with van der Waals surface area (Å²) >= 11 is 7.43. The zero-order chi connectivity index (χ0) is 18.8. The molecule has 1 atom stereocenters. The summed E-state index contributed by atoms with van der Waals surface area (Å²) < 4.78 is 1.13. The Labute approximate surface area is 170 Å². The van der Waals surface area contributed by atoms with E-state index in [1.165, 1.54) is 11.1 Å². The summed E-state index contributed by atoms with van der Waals surface area (Å²) in [6, 6.07) is 13.1. The number of carbonyl (C=O) groups excluding carboxylic acids is 2. The molecular weight excluding hydrogens is 461 g/mol. The molecule has 0 aliphatic carbocycles. The van der Waals surface area contributed by atoms with Gasteiger partial charge in [0, 0.05) is 9.78 Å². The Morgan fingerprint density at radius 3 is 2.50 bits per heavy atom. The van der Waals surface area contributed by atoms with Crippen molar-refractivity contribution < 1.29 is 9.59 Å². The number of amides is 2. The molecule has 7 heteroatoms. The minimum atomic E-state index is -1.03. The van der Waals surface area contributed by atoms with Crippen molar-refractivity contribution in [2.45, 2.75) is 13.8 Å². The zero-order valence-corrected chi connectivity index (χ0v) is 17.2. The first-order chi connectivity index (χ1) is 12.4. The molecule has 26 heavy (non-hydrogen) atoms. The summed E-state index contributed by atoms with van der Waals surface area (Å²) in [7, 11) is 0. The first-order valence-electron chi connectivity index (χ1n) is 7.92. The Morgan fingerprint density at radius 1 is 1.15 bits per heavy atom. The molecule has 2 aromatic rings. The maximum atomic E-state index is 12.9. The molecule has 1 aliphatic rings. The minimum Gasteiger partial charge on any atom is -0.301 e. The molecule has 1 N–H and O–H groups in total. The highest BCUT2D eigenvalue weighted by atomic mass is 127. The molecule has 0 bridgehead atoms. The van der Waals surface area contributed by atoms with Gasteiger partial charge in [0.25, 0.3) is 5.91 Å². The molecule has 1 fully saturated rings. The quantitative estimate of drug-likeness (QED) is 0.318. The molecule has 1 aliphatic heterocycles. The number of hydrogen-bond donors (Lipinski definition) is 1. The lowest BCUT2D eigenvalue weighted by molar-refractivity contribution is -0.130. The van der Waals surface area contributed by atoms with Crippen LogP contribution >= 0.6 is 34.8 Å². The van der Waals surface area contributed by atoms with Gasteiger partial charge >= 0.3 is 0 Å². The van der Waals surface area contributed by atoms with Gasteiger partial charge in [0.1, 0.15) is 0 Å². The third-order valence-electron chi connectivity index (χ3n) is 4.01. The van der Waals surface area contributed by atoms with E-state index in [2.05, 4.69) is 32.9 Å². The highest BCUT2D eigenvalue weighted by Crippen LogP contribution is 2.22. The van der Waals surface area contributed by atoms with Gasteiger partial charge in [0.05, 0.1) is 11.4 Å². The number of nitrogens with zero attached hydrogens (tertiary/aromatic N) is 2. The fraction of sp³-hybridized carbons (Fsp3) is 0.158. The second kappa shape index (κ2) is 7.63. The van der Waals surface area contributed by atoms with Gasteiger partial charge in [-0.2, -0.15) is 0 Å². The summed E-state index contributed by atoms with van der Waals surface area (Å²) in [6.07, 6.45) is 1.38. The van der Waals surface area contributed by atoms with Crippen molar-refractivity contribution in [3.05, 3.63) is 57.2 Å². The van der Waals surface area contributed by atoms with E-state index >= 15 is 0 Å². The van der Waals surface area contributed by atoms with E-state index in [1.807, 2.05) is 44.2 Å². The first kappa shape index (κ1) is 18.7. The number of carbonyl (C=O) groups is 2. The van der Waals surface area contributed by atoms with Gasteiger partial charge in [-0.1, -0.05) is 17.7 Å². The third-order valence-corrected chi connectivity index (χ3v) is 5.50. The number of rotatable bonds is 3. The predicted molar refractivity (Wildman–Crippen MR) is 115 cm³/mol. The topological polar surface area (TPSA) is 61.8 Å².